The molecular weight excluding hydrogens is 411 g/mol. The van der Waals surface area contributed by atoms with Crippen LogP contribution in [0, 0.1) is 15.9 Å². The largest absolute Gasteiger partial charge is 0.380 e. The van der Waals surface area contributed by atoms with Gasteiger partial charge in [-0.05, 0) is 37.1 Å². The van der Waals surface area contributed by atoms with Crippen molar-refractivity contribution in [1.82, 2.24) is 0 Å². The molecule has 2 aromatic rings. The Kier molecular flexibility index (Phi) is 5.96. The molecule has 0 amide bonds. The van der Waals surface area contributed by atoms with Crippen LogP contribution in [0.3, 0.4) is 0 Å². The molecule has 0 spiro atoms. The van der Waals surface area contributed by atoms with Crippen molar-refractivity contribution in [1.29, 1.82) is 0 Å². The Morgan fingerprint density at radius 1 is 1.14 bits per heavy atom. The number of nitro benzene ring substituents is 1. The van der Waals surface area contributed by atoms with Crippen molar-refractivity contribution < 1.29 is 26.5 Å². The zero-order valence-electron chi connectivity index (χ0n) is 15.1. The van der Waals surface area contributed by atoms with E-state index >= 15 is 0 Å². The van der Waals surface area contributed by atoms with Crippen LogP contribution in [0.2, 0.25) is 0 Å². The molecule has 0 atom stereocenters. The van der Waals surface area contributed by atoms with Crippen LogP contribution in [0.15, 0.2) is 47.4 Å². The van der Waals surface area contributed by atoms with E-state index in [9.17, 15) is 31.7 Å². The molecule has 29 heavy (non-hydrogen) atoms. The Hall–Kier alpha value is -2.82. The van der Waals surface area contributed by atoms with E-state index in [1.807, 2.05) is 0 Å². The highest BCUT2D eigenvalue weighted by Crippen LogP contribution is 2.34. The van der Waals surface area contributed by atoms with Crippen molar-refractivity contribution in [3.8, 4) is 0 Å². The number of anilines is 2. The van der Waals surface area contributed by atoms with Crippen molar-refractivity contribution in [3.63, 3.8) is 0 Å². The molecule has 1 heterocycles. The van der Waals surface area contributed by atoms with Crippen LogP contribution < -0.4 is 10.2 Å². The topological polar surface area (TPSA) is 92.5 Å². The van der Waals surface area contributed by atoms with Gasteiger partial charge in [0, 0.05) is 25.2 Å². The molecule has 1 aliphatic rings. The predicted octanol–water partition coefficient (Wildman–Crippen LogP) is 3.81. The highest BCUT2D eigenvalue weighted by molar-refractivity contribution is 7.91. The number of alkyl halides is 2. The molecule has 1 fully saturated rings. The van der Waals surface area contributed by atoms with Gasteiger partial charge in [-0.3, -0.25) is 10.1 Å². The number of nitrogens with zero attached hydrogens (tertiary/aromatic N) is 2. The van der Waals surface area contributed by atoms with Crippen LogP contribution >= 0.6 is 0 Å². The van der Waals surface area contributed by atoms with Crippen molar-refractivity contribution in [2.45, 2.75) is 29.5 Å². The number of sulfone groups is 1. The summed E-state index contributed by atoms with van der Waals surface area (Å²) in [6, 6.07) is 9.01. The van der Waals surface area contributed by atoms with Gasteiger partial charge in [0.1, 0.15) is 11.5 Å². The van der Waals surface area contributed by atoms with Crippen molar-refractivity contribution in [2.24, 2.45) is 0 Å². The van der Waals surface area contributed by atoms with Crippen LogP contribution in [0.5, 0.6) is 0 Å². The fourth-order valence-corrected chi connectivity index (χ4v) is 4.00. The van der Waals surface area contributed by atoms with Gasteiger partial charge in [-0.25, -0.2) is 12.8 Å². The summed E-state index contributed by atoms with van der Waals surface area (Å²) in [4.78, 5) is 11.5. The lowest BCUT2D eigenvalue weighted by Crippen LogP contribution is -2.39. The second kappa shape index (κ2) is 8.27. The maximum Gasteiger partial charge on any atom is 0.341 e. The molecule has 0 aromatic heterocycles. The molecule has 1 N–H and O–H groups in total. The number of para-hydroxylation sites is 1. The molecule has 2 aromatic carbocycles. The lowest BCUT2D eigenvalue weighted by molar-refractivity contribution is -0.384. The van der Waals surface area contributed by atoms with Gasteiger partial charge in [0.05, 0.1) is 15.5 Å². The summed E-state index contributed by atoms with van der Waals surface area (Å²) >= 11 is 0. The third kappa shape index (κ3) is 4.44. The fourth-order valence-electron chi connectivity index (χ4n) is 3.26. The summed E-state index contributed by atoms with van der Waals surface area (Å²) in [5.74, 6) is -4.03. The second-order valence-corrected chi connectivity index (χ2v) is 8.52. The quantitative estimate of drug-likeness (QED) is 0.555. The molecule has 0 unspecified atom stereocenters. The van der Waals surface area contributed by atoms with Gasteiger partial charge in [-0.2, -0.15) is 8.78 Å². The lowest BCUT2D eigenvalue weighted by Gasteiger charge is -2.34. The van der Waals surface area contributed by atoms with Crippen molar-refractivity contribution in [3.05, 3.63) is 58.4 Å². The molecule has 1 saturated heterocycles. The van der Waals surface area contributed by atoms with E-state index in [1.54, 1.807) is 23.1 Å². The average Bonchev–Trinajstić information content (AvgIpc) is 2.69. The van der Waals surface area contributed by atoms with Gasteiger partial charge in [0.25, 0.3) is 5.69 Å². The van der Waals surface area contributed by atoms with Gasteiger partial charge in [0.15, 0.2) is 0 Å². The molecule has 0 bridgehead atoms. The molecule has 0 saturated carbocycles. The van der Waals surface area contributed by atoms with Crippen LogP contribution in [-0.4, -0.2) is 38.2 Å². The highest BCUT2D eigenvalue weighted by atomic mass is 32.2. The van der Waals surface area contributed by atoms with E-state index in [0.717, 1.165) is 6.07 Å². The zero-order chi connectivity index (χ0) is 21.2. The van der Waals surface area contributed by atoms with E-state index in [-0.39, 0.29) is 17.5 Å². The summed E-state index contributed by atoms with van der Waals surface area (Å²) in [7, 11) is -4.93. The molecule has 7 nitrogen and oxygen atoms in total. The Labute approximate surface area is 165 Å². The summed E-state index contributed by atoms with van der Waals surface area (Å²) in [5, 5.41) is 14.5. The first kappa shape index (κ1) is 20.9. The maximum absolute atomic E-state index is 13.8. The number of rotatable bonds is 6. The van der Waals surface area contributed by atoms with Gasteiger partial charge < -0.3 is 10.2 Å². The number of hydrogen-bond acceptors (Lipinski definition) is 6. The van der Waals surface area contributed by atoms with Crippen molar-refractivity contribution >= 4 is 26.9 Å². The normalized spacial score (nSPS) is 15.5. The van der Waals surface area contributed by atoms with E-state index in [2.05, 4.69) is 5.32 Å². The number of halogens is 3. The first-order valence-corrected chi connectivity index (χ1v) is 10.3. The van der Waals surface area contributed by atoms with Gasteiger partial charge in [-0.15, -0.1) is 0 Å². The minimum Gasteiger partial charge on any atom is -0.380 e. The average molecular weight is 429 g/mol. The van der Waals surface area contributed by atoms with Crippen LogP contribution in [0.25, 0.3) is 0 Å². The second-order valence-electron chi connectivity index (χ2n) is 6.60. The molecule has 1 aliphatic heterocycles. The Bertz CT molecular complexity index is 1010. The highest BCUT2D eigenvalue weighted by Gasteiger charge is 2.31. The molecule has 11 heteroatoms. The monoisotopic (exact) mass is 429 g/mol. The minimum absolute atomic E-state index is 0.0410. The zero-order valence-corrected chi connectivity index (χ0v) is 15.9. The van der Waals surface area contributed by atoms with E-state index in [1.165, 1.54) is 12.1 Å². The first-order chi connectivity index (χ1) is 13.7. The number of hydrogen-bond donors (Lipinski definition) is 1. The molecule has 3 rings (SSSR count). The van der Waals surface area contributed by atoms with Gasteiger partial charge in [0.2, 0.25) is 9.84 Å². The Morgan fingerprint density at radius 3 is 2.38 bits per heavy atom. The molecular formula is C18H18F3N3O4S. The molecule has 156 valence electrons. The Balaban J connectivity index is 1.76. The van der Waals surface area contributed by atoms with E-state index < -0.39 is 31.1 Å². The van der Waals surface area contributed by atoms with E-state index in [4.69, 9.17) is 0 Å². The third-order valence-corrected chi connectivity index (χ3v) is 6.16. The molecule has 0 radical (unpaired) electrons. The number of nitrogens with one attached hydrogen (secondary N) is 1. The number of benzene rings is 2. The van der Waals surface area contributed by atoms with Crippen LogP contribution in [0.4, 0.5) is 30.2 Å². The minimum atomic E-state index is -4.93. The predicted molar refractivity (Wildman–Crippen MR) is 102 cm³/mol. The summed E-state index contributed by atoms with van der Waals surface area (Å²) in [6.07, 6.45) is 1.12. The van der Waals surface area contributed by atoms with Gasteiger partial charge in [-0.1, -0.05) is 12.1 Å². The fraction of sp³-hybridized carbons (Fsp3) is 0.333. The summed E-state index contributed by atoms with van der Waals surface area (Å²) in [5.41, 5.74) is -0.0155. The Morgan fingerprint density at radius 2 is 1.79 bits per heavy atom. The van der Waals surface area contributed by atoms with Gasteiger partial charge >= 0.3 is 5.76 Å². The molecule has 0 aliphatic carbocycles. The van der Waals surface area contributed by atoms with Crippen molar-refractivity contribution in [2.75, 3.05) is 23.3 Å². The third-order valence-electron chi connectivity index (χ3n) is 4.78. The van der Waals surface area contributed by atoms with E-state index in [0.29, 0.717) is 37.7 Å². The number of piperidine rings is 1. The smallest absolute Gasteiger partial charge is 0.341 e. The summed E-state index contributed by atoms with van der Waals surface area (Å²) < 4.78 is 62.5. The van der Waals surface area contributed by atoms with Crippen LogP contribution in [0.1, 0.15) is 12.8 Å². The summed E-state index contributed by atoms with van der Waals surface area (Å²) in [6.45, 7) is 0.793. The van der Waals surface area contributed by atoms with Crippen LogP contribution in [-0.2, 0) is 9.84 Å². The number of nitro groups is 1. The first-order valence-electron chi connectivity index (χ1n) is 8.76. The lowest BCUT2D eigenvalue weighted by atomic mass is 10.0. The SMILES string of the molecule is O=[N+]([O-])c1cc(S(=O)(=O)C(F)F)ccc1N1CCC(Nc2ccccc2F)CC1. The standard InChI is InChI=1S/C18H18F3N3O4S/c19-14-3-1-2-4-15(14)22-12-7-9-23(10-8-12)16-6-5-13(11-17(16)24(25)26)29(27,28)18(20)21/h1-6,11-12,18,22H,7-10H2. The maximum atomic E-state index is 13.8.